The van der Waals surface area contributed by atoms with E-state index in [0.29, 0.717) is 0 Å². The van der Waals surface area contributed by atoms with Gasteiger partial charge < -0.3 is 0 Å². The highest BCUT2D eigenvalue weighted by atomic mass is 14.4. The first-order chi connectivity index (χ1) is 20.8. The molecule has 0 amide bonds. The van der Waals surface area contributed by atoms with Crippen LogP contribution in [0.25, 0.3) is 56.7 Å². The number of aryl methyl sites for hydroxylation is 2. The predicted molar refractivity (Wildman–Crippen MR) is 185 cm³/mol. The summed E-state index contributed by atoms with van der Waals surface area (Å²) in [5.41, 5.74) is 18.0. The Bertz CT molecular complexity index is 1950. The Morgan fingerprint density at radius 1 is 0.372 bits per heavy atom. The van der Waals surface area contributed by atoms with E-state index in [4.69, 9.17) is 0 Å². The standard InChI is InChI=1S/C43H36/c1-29-5-9-31(10-6-29)11-12-32-13-17-35(18-14-32)37-23-25-39-40-26-24-38(28-42(40)43(3,4)41(39)27-37)36-21-19-34(20-22-36)33-15-7-30(2)8-16-33/h5-28H,1-4H3/b12-11+. The van der Waals surface area contributed by atoms with E-state index >= 15 is 0 Å². The third-order valence-corrected chi connectivity index (χ3v) is 9.07. The molecule has 6 aromatic rings. The SMILES string of the molecule is Cc1ccc(/C=C/c2ccc(-c3ccc4c(c3)C(C)(C)c3cc(-c5ccc(-c6ccc(C)cc6)cc5)ccc3-4)cc2)cc1. The number of hydrogen-bond donors (Lipinski definition) is 0. The highest BCUT2D eigenvalue weighted by molar-refractivity contribution is 5.86. The predicted octanol–water partition coefficient (Wildman–Crippen LogP) is 11.8. The van der Waals surface area contributed by atoms with Gasteiger partial charge in [0.1, 0.15) is 0 Å². The van der Waals surface area contributed by atoms with Crippen molar-refractivity contribution in [1.29, 1.82) is 0 Å². The van der Waals surface area contributed by atoms with Gasteiger partial charge in [-0.05, 0) is 92.7 Å². The molecule has 0 saturated carbocycles. The quantitative estimate of drug-likeness (QED) is 0.187. The molecule has 0 bridgehead atoms. The number of hydrogen-bond acceptors (Lipinski definition) is 0. The van der Waals surface area contributed by atoms with E-state index in [2.05, 4.69) is 173 Å². The summed E-state index contributed by atoms with van der Waals surface area (Å²) in [6, 6.07) is 49.3. The average Bonchev–Trinajstić information content (AvgIpc) is 3.27. The van der Waals surface area contributed by atoms with Crippen molar-refractivity contribution < 1.29 is 0 Å². The van der Waals surface area contributed by atoms with Crippen molar-refractivity contribution in [2.75, 3.05) is 0 Å². The number of benzene rings is 6. The van der Waals surface area contributed by atoms with Gasteiger partial charge in [0.2, 0.25) is 0 Å². The van der Waals surface area contributed by atoms with Crippen LogP contribution in [-0.4, -0.2) is 0 Å². The molecule has 0 unspecified atom stereocenters. The van der Waals surface area contributed by atoms with Crippen LogP contribution < -0.4 is 0 Å². The third kappa shape index (κ3) is 5.15. The van der Waals surface area contributed by atoms with Gasteiger partial charge in [0.05, 0.1) is 0 Å². The first-order valence-electron chi connectivity index (χ1n) is 15.2. The topological polar surface area (TPSA) is 0 Å². The smallest absolute Gasteiger partial charge is 0.0159 e. The van der Waals surface area contributed by atoms with Gasteiger partial charge in [-0.1, -0.05) is 158 Å². The molecule has 6 aromatic carbocycles. The van der Waals surface area contributed by atoms with Gasteiger partial charge in [0, 0.05) is 5.41 Å². The van der Waals surface area contributed by atoms with E-state index in [1.54, 1.807) is 0 Å². The van der Waals surface area contributed by atoms with Crippen molar-refractivity contribution >= 4 is 12.2 Å². The van der Waals surface area contributed by atoms with E-state index in [1.165, 1.54) is 77.9 Å². The van der Waals surface area contributed by atoms with Crippen molar-refractivity contribution in [3.8, 4) is 44.5 Å². The maximum atomic E-state index is 2.41. The second-order valence-electron chi connectivity index (χ2n) is 12.5. The van der Waals surface area contributed by atoms with Crippen LogP contribution in [0.2, 0.25) is 0 Å². The summed E-state index contributed by atoms with van der Waals surface area (Å²) in [5.74, 6) is 0. The van der Waals surface area contributed by atoms with Gasteiger partial charge in [0.15, 0.2) is 0 Å². The fourth-order valence-corrected chi connectivity index (χ4v) is 6.35. The Hall–Kier alpha value is -4.94. The summed E-state index contributed by atoms with van der Waals surface area (Å²) >= 11 is 0. The maximum absolute atomic E-state index is 2.41. The summed E-state index contributed by atoms with van der Waals surface area (Å²) in [7, 11) is 0. The zero-order chi connectivity index (χ0) is 29.6. The summed E-state index contributed by atoms with van der Waals surface area (Å²) in [5, 5.41) is 0. The number of fused-ring (bicyclic) bond motifs is 3. The zero-order valence-electron chi connectivity index (χ0n) is 25.4. The summed E-state index contributed by atoms with van der Waals surface area (Å²) < 4.78 is 0. The van der Waals surface area contributed by atoms with Crippen molar-refractivity contribution in [1.82, 2.24) is 0 Å². The van der Waals surface area contributed by atoms with Crippen LogP contribution >= 0.6 is 0 Å². The molecule has 0 heterocycles. The fraction of sp³-hybridized carbons (Fsp3) is 0.116. The van der Waals surface area contributed by atoms with Crippen molar-refractivity contribution in [3.05, 3.63) is 167 Å². The molecule has 7 rings (SSSR count). The van der Waals surface area contributed by atoms with Crippen molar-refractivity contribution in [2.45, 2.75) is 33.1 Å². The van der Waals surface area contributed by atoms with Crippen LogP contribution in [0.15, 0.2) is 133 Å². The third-order valence-electron chi connectivity index (χ3n) is 9.07. The minimum atomic E-state index is -0.0742. The van der Waals surface area contributed by atoms with Crippen LogP contribution in [0, 0.1) is 13.8 Å². The molecule has 0 aromatic heterocycles. The van der Waals surface area contributed by atoms with Crippen molar-refractivity contribution in [3.63, 3.8) is 0 Å². The lowest BCUT2D eigenvalue weighted by Gasteiger charge is -2.22. The fourth-order valence-electron chi connectivity index (χ4n) is 6.35. The Morgan fingerprint density at radius 2 is 0.674 bits per heavy atom. The van der Waals surface area contributed by atoms with Gasteiger partial charge in [-0.2, -0.15) is 0 Å². The lowest BCUT2D eigenvalue weighted by molar-refractivity contribution is 0.661. The molecule has 0 atom stereocenters. The highest BCUT2D eigenvalue weighted by Crippen LogP contribution is 2.50. The van der Waals surface area contributed by atoms with Crippen LogP contribution in [0.4, 0.5) is 0 Å². The van der Waals surface area contributed by atoms with Gasteiger partial charge >= 0.3 is 0 Å². The Kier molecular flexibility index (Phi) is 6.71. The van der Waals surface area contributed by atoms with Crippen LogP contribution in [0.1, 0.15) is 47.2 Å². The Balaban J connectivity index is 1.14. The monoisotopic (exact) mass is 552 g/mol. The summed E-state index contributed by atoms with van der Waals surface area (Å²) in [6.07, 6.45) is 4.36. The minimum Gasteiger partial charge on any atom is -0.0587 e. The molecule has 0 nitrogen and oxygen atoms in total. The molecular weight excluding hydrogens is 516 g/mol. The summed E-state index contributed by atoms with van der Waals surface area (Å²) in [4.78, 5) is 0. The van der Waals surface area contributed by atoms with Crippen molar-refractivity contribution in [2.24, 2.45) is 0 Å². The lowest BCUT2D eigenvalue weighted by atomic mass is 9.81. The molecule has 0 saturated heterocycles. The van der Waals surface area contributed by atoms with Gasteiger partial charge in [-0.15, -0.1) is 0 Å². The zero-order valence-corrected chi connectivity index (χ0v) is 25.4. The molecule has 0 N–H and O–H groups in total. The first-order valence-corrected chi connectivity index (χ1v) is 15.2. The molecule has 0 radical (unpaired) electrons. The molecule has 208 valence electrons. The molecule has 1 aliphatic rings. The summed E-state index contributed by atoms with van der Waals surface area (Å²) in [6.45, 7) is 8.98. The van der Waals surface area contributed by atoms with Crippen LogP contribution in [-0.2, 0) is 5.41 Å². The number of rotatable bonds is 5. The van der Waals surface area contributed by atoms with E-state index in [0.717, 1.165) is 0 Å². The molecule has 0 fully saturated rings. The first kappa shape index (κ1) is 26.9. The second-order valence-corrected chi connectivity index (χ2v) is 12.5. The average molecular weight is 553 g/mol. The van der Waals surface area contributed by atoms with Crippen LogP contribution in [0.5, 0.6) is 0 Å². The van der Waals surface area contributed by atoms with E-state index in [9.17, 15) is 0 Å². The molecular formula is C43H36. The van der Waals surface area contributed by atoms with E-state index in [1.807, 2.05) is 0 Å². The van der Waals surface area contributed by atoms with E-state index < -0.39 is 0 Å². The Labute approximate surface area is 256 Å². The second kappa shape index (κ2) is 10.7. The molecule has 0 spiro atoms. The normalized spacial score (nSPS) is 13.2. The molecule has 0 heteroatoms. The highest BCUT2D eigenvalue weighted by Gasteiger charge is 2.35. The van der Waals surface area contributed by atoms with Crippen LogP contribution in [0.3, 0.4) is 0 Å². The van der Waals surface area contributed by atoms with E-state index in [-0.39, 0.29) is 5.41 Å². The van der Waals surface area contributed by atoms with Gasteiger partial charge in [-0.25, -0.2) is 0 Å². The molecule has 43 heavy (non-hydrogen) atoms. The maximum Gasteiger partial charge on any atom is 0.0159 e. The van der Waals surface area contributed by atoms with Gasteiger partial charge in [-0.3, -0.25) is 0 Å². The molecule has 0 aliphatic heterocycles. The minimum absolute atomic E-state index is 0.0742. The largest absolute Gasteiger partial charge is 0.0587 e. The lowest BCUT2D eigenvalue weighted by Crippen LogP contribution is -2.15. The Morgan fingerprint density at radius 3 is 1.12 bits per heavy atom. The molecule has 1 aliphatic carbocycles. The van der Waals surface area contributed by atoms with Gasteiger partial charge in [0.25, 0.3) is 0 Å².